The smallest absolute Gasteiger partial charge is 0.272 e. The van der Waals surface area contributed by atoms with Crippen LogP contribution in [0.25, 0.3) is 0 Å². The van der Waals surface area contributed by atoms with Crippen molar-refractivity contribution in [3.63, 3.8) is 0 Å². The summed E-state index contributed by atoms with van der Waals surface area (Å²) < 4.78 is 10.6. The molecule has 1 heterocycles. The SMILES string of the molecule is C/C(=N/NC(=O)c1cc(Cl)ccc1Cl)c1ccc2c(c1)OCO2. The zero-order valence-electron chi connectivity index (χ0n) is 12.1. The number of hydrazone groups is 1. The standard InChI is InChI=1S/C16H12Cl2N2O3/c1-9(10-2-5-14-15(6-10)23-8-22-14)19-20-16(21)12-7-11(17)3-4-13(12)18/h2-7H,8H2,1H3,(H,20,21)/b19-9-. The number of carbonyl (C=O) groups is 1. The van der Waals surface area contributed by atoms with Crippen molar-refractivity contribution < 1.29 is 14.3 Å². The number of hydrogen-bond donors (Lipinski definition) is 1. The Morgan fingerprint density at radius 3 is 2.74 bits per heavy atom. The minimum Gasteiger partial charge on any atom is -0.454 e. The molecule has 0 unspecified atom stereocenters. The Balaban J connectivity index is 1.76. The summed E-state index contributed by atoms with van der Waals surface area (Å²) >= 11 is 11.9. The van der Waals surface area contributed by atoms with Gasteiger partial charge in [-0.05, 0) is 43.3 Å². The van der Waals surface area contributed by atoms with Gasteiger partial charge in [0, 0.05) is 10.6 Å². The Morgan fingerprint density at radius 1 is 1.13 bits per heavy atom. The van der Waals surface area contributed by atoms with E-state index in [1.807, 2.05) is 6.07 Å². The minimum absolute atomic E-state index is 0.207. The summed E-state index contributed by atoms with van der Waals surface area (Å²) in [6.45, 7) is 1.98. The lowest BCUT2D eigenvalue weighted by Gasteiger charge is -2.06. The van der Waals surface area contributed by atoms with Crippen LogP contribution in [0.1, 0.15) is 22.8 Å². The first-order chi connectivity index (χ1) is 11.0. The van der Waals surface area contributed by atoms with Crippen molar-refractivity contribution in [3.8, 4) is 11.5 Å². The summed E-state index contributed by atoms with van der Waals surface area (Å²) in [6.07, 6.45) is 0. The molecule has 118 valence electrons. The van der Waals surface area contributed by atoms with Crippen molar-refractivity contribution in [2.24, 2.45) is 5.10 Å². The van der Waals surface area contributed by atoms with Gasteiger partial charge in [-0.3, -0.25) is 4.79 Å². The summed E-state index contributed by atoms with van der Waals surface area (Å²) in [5.74, 6) is 0.912. The molecule has 5 nitrogen and oxygen atoms in total. The van der Waals surface area contributed by atoms with Crippen molar-refractivity contribution in [2.75, 3.05) is 6.79 Å². The van der Waals surface area contributed by atoms with Gasteiger partial charge in [0.1, 0.15) is 0 Å². The van der Waals surface area contributed by atoms with Crippen LogP contribution >= 0.6 is 23.2 Å². The second kappa shape index (κ2) is 6.48. The molecule has 1 aliphatic heterocycles. The topological polar surface area (TPSA) is 59.9 Å². The maximum Gasteiger partial charge on any atom is 0.272 e. The van der Waals surface area contributed by atoms with Crippen molar-refractivity contribution in [1.29, 1.82) is 0 Å². The molecule has 0 saturated heterocycles. The molecule has 3 rings (SSSR count). The van der Waals surface area contributed by atoms with Crippen LogP contribution in [-0.2, 0) is 0 Å². The van der Waals surface area contributed by atoms with Crippen LogP contribution in [0.5, 0.6) is 11.5 Å². The number of benzene rings is 2. The lowest BCUT2D eigenvalue weighted by molar-refractivity contribution is 0.0955. The number of fused-ring (bicyclic) bond motifs is 1. The number of hydrogen-bond acceptors (Lipinski definition) is 4. The molecule has 0 bridgehead atoms. The van der Waals surface area contributed by atoms with Gasteiger partial charge in [0.2, 0.25) is 6.79 Å². The van der Waals surface area contributed by atoms with Crippen molar-refractivity contribution in [3.05, 3.63) is 57.6 Å². The Morgan fingerprint density at radius 2 is 1.91 bits per heavy atom. The maximum absolute atomic E-state index is 12.1. The van der Waals surface area contributed by atoms with Crippen LogP contribution in [-0.4, -0.2) is 18.4 Å². The zero-order valence-corrected chi connectivity index (χ0v) is 13.6. The Labute approximate surface area is 142 Å². The first kappa shape index (κ1) is 15.6. The van der Waals surface area contributed by atoms with E-state index in [1.165, 1.54) is 6.07 Å². The Kier molecular flexibility index (Phi) is 4.41. The third kappa shape index (κ3) is 3.41. The van der Waals surface area contributed by atoms with E-state index in [1.54, 1.807) is 31.2 Å². The van der Waals surface area contributed by atoms with Gasteiger partial charge in [-0.25, -0.2) is 5.43 Å². The molecule has 1 aliphatic rings. The summed E-state index contributed by atoms with van der Waals surface area (Å²) in [4.78, 5) is 12.1. The first-order valence-electron chi connectivity index (χ1n) is 6.74. The first-order valence-corrected chi connectivity index (χ1v) is 7.50. The highest BCUT2D eigenvalue weighted by atomic mass is 35.5. The predicted molar refractivity (Wildman–Crippen MR) is 88.7 cm³/mol. The lowest BCUT2D eigenvalue weighted by Crippen LogP contribution is -2.19. The molecule has 23 heavy (non-hydrogen) atoms. The molecule has 2 aromatic carbocycles. The average molecular weight is 351 g/mol. The van der Waals surface area contributed by atoms with Gasteiger partial charge in [0.25, 0.3) is 5.91 Å². The second-order valence-corrected chi connectivity index (χ2v) is 5.67. The molecule has 1 N–H and O–H groups in total. The fourth-order valence-corrected chi connectivity index (χ4v) is 2.43. The molecular weight excluding hydrogens is 339 g/mol. The predicted octanol–water partition coefficient (Wildman–Crippen LogP) is 3.88. The van der Waals surface area contributed by atoms with Crippen molar-refractivity contribution in [2.45, 2.75) is 6.92 Å². The second-order valence-electron chi connectivity index (χ2n) is 4.83. The van der Waals surface area contributed by atoms with Crippen LogP contribution in [0.2, 0.25) is 10.0 Å². The van der Waals surface area contributed by atoms with Gasteiger partial charge in [-0.2, -0.15) is 5.10 Å². The van der Waals surface area contributed by atoms with E-state index < -0.39 is 5.91 Å². The quantitative estimate of drug-likeness (QED) is 0.674. The highest BCUT2D eigenvalue weighted by molar-refractivity contribution is 6.35. The van der Waals surface area contributed by atoms with Crippen molar-refractivity contribution in [1.82, 2.24) is 5.43 Å². The number of amides is 1. The van der Waals surface area contributed by atoms with Crippen molar-refractivity contribution >= 4 is 34.8 Å². The molecule has 0 aromatic heterocycles. The highest BCUT2D eigenvalue weighted by Gasteiger charge is 2.14. The summed E-state index contributed by atoms with van der Waals surface area (Å²) in [5.41, 5.74) is 4.16. The number of carbonyl (C=O) groups excluding carboxylic acids is 1. The molecular formula is C16H12Cl2N2O3. The van der Waals surface area contributed by atoms with Gasteiger partial charge in [-0.1, -0.05) is 23.2 Å². The lowest BCUT2D eigenvalue weighted by atomic mass is 10.1. The molecule has 0 saturated carbocycles. The molecule has 0 radical (unpaired) electrons. The number of ether oxygens (including phenoxy) is 2. The maximum atomic E-state index is 12.1. The number of rotatable bonds is 3. The Hall–Kier alpha value is -2.24. The number of nitrogens with one attached hydrogen (secondary N) is 1. The fraction of sp³-hybridized carbons (Fsp3) is 0.125. The van der Waals surface area contributed by atoms with Gasteiger partial charge >= 0.3 is 0 Å². The normalized spacial score (nSPS) is 13.1. The van der Waals surface area contributed by atoms with E-state index in [2.05, 4.69) is 10.5 Å². The summed E-state index contributed by atoms with van der Waals surface area (Å²) in [5, 5.41) is 4.82. The van der Waals surface area contributed by atoms with E-state index in [0.29, 0.717) is 27.3 Å². The minimum atomic E-state index is -0.433. The average Bonchev–Trinajstić information content (AvgIpc) is 3.02. The van der Waals surface area contributed by atoms with Crippen LogP contribution in [0, 0.1) is 0 Å². The third-order valence-electron chi connectivity index (χ3n) is 3.29. The van der Waals surface area contributed by atoms with Crippen LogP contribution in [0.4, 0.5) is 0 Å². The molecule has 0 aliphatic carbocycles. The summed E-state index contributed by atoms with van der Waals surface area (Å²) in [7, 11) is 0. The van der Waals surface area contributed by atoms with Gasteiger partial charge in [0.15, 0.2) is 11.5 Å². The molecule has 2 aromatic rings. The number of halogens is 2. The third-order valence-corrected chi connectivity index (χ3v) is 3.85. The molecule has 0 fully saturated rings. The van der Waals surface area contributed by atoms with E-state index in [9.17, 15) is 4.79 Å². The van der Waals surface area contributed by atoms with Crippen LogP contribution < -0.4 is 14.9 Å². The number of nitrogens with zero attached hydrogens (tertiary/aromatic N) is 1. The van der Waals surface area contributed by atoms with E-state index >= 15 is 0 Å². The zero-order chi connectivity index (χ0) is 16.4. The largest absolute Gasteiger partial charge is 0.454 e. The molecule has 1 amide bonds. The Bertz CT molecular complexity index is 806. The molecule has 0 spiro atoms. The molecule has 7 heteroatoms. The van der Waals surface area contributed by atoms with E-state index in [-0.39, 0.29) is 12.4 Å². The van der Waals surface area contributed by atoms with Gasteiger partial charge in [-0.15, -0.1) is 0 Å². The van der Waals surface area contributed by atoms with Gasteiger partial charge in [0.05, 0.1) is 16.3 Å². The van der Waals surface area contributed by atoms with Crippen LogP contribution in [0.3, 0.4) is 0 Å². The van der Waals surface area contributed by atoms with Gasteiger partial charge < -0.3 is 9.47 Å². The highest BCUT2D eigenvalue weighted by Crippen LogP contribution is 2.32. The van der Waals surface area contributed by atoms with E-state index in [4.69, 9.17) is 32.7 Å². The monoisotopic (exact) mass is 350 g/mol. The summed E-state index contributed by atoms with van der Waals surface area (Å²) in [6, 6.07) is 10.1. The van der Waals surface area contributed by atoms with E-state index in [0.717, 1.165) is 5.56 Å². The fourth-order valence-electron chi connectivity index (χ4n) is 2.05. The molecule has 0 atom stereocenters. The van der Waals surface area contributed by atoms with Crippen LogP contribution in [0.15, 0.2) is 41.5 Å².